The maximum absolute atomic E-state index is 13.0. The van der Waals surface area contributed by atoms with Gasteiger partial charge in [-0.05, 0) is 39.7 Å². The van der Waals surface area contributed by atoms with Crippen molar-refractivity contribution in [2.75, 3.05) is 5.32 Å². The summed E-state index contributed by atoms with van der Waals surface area (Å²) in [6.07, 6.45) is 3.42. The highest BCUT2D eigenvalue weighted by atomic mass is 79.9. The van der Waals surface area contributed by atoms with Gasteiger partial charge in [0, 0.05) is 23.4 Å². The van der Waals surface area contributed by atoms with Crippen molar-refractivity contribution < 1.29 is 4.39 Å². The molecular weight excluding hydrogens is 342 g/mol. The first-order chi connectivity index (χ1) is 8.56. The van der Waals surface area contributed by atoms with Gasteiger partial charge in [0.05, 0.1) is 15.7 Å². The first-order valence-electron chi connectivity index (χ1n) is 5.04. The highest BCUT2D eigenvalue weighted by Crippen LogP contribution is 2.31. The Labute approximate surface area is 122 Å². The first-order valence-corrected chi connectivity index (χ1v) is 6.59. The van der Waals surface area contributed by atoms with Crippen molar-refractivity contribution in [2.24, 2.45) is 0 Å². The van der Waals surface area contributed by atoms with E-state index in [4.69, 9.17) is 23.2 Å². The number of halogens is 4. The van der Waals surface area contributed by atoms with Gasteiger partial charge in [-0.3, -0.25) is 4.98 Å². The SMILES string of the molecule is Fc1cc(Cl)c(NCc2cncc(Br)c2)c(Cl)c1. The van der Waals surface area contributed by atoms with Crippen molar-refractivity contribution in [3.8, 4) is 0 Å². The summed E-state index contributed by atoms with van der Waals surface area (Å²) in [7, 11) is 0. The van der Waals surface area contributed by atoms with Gasteiger partial charge in [0.25, 0.3) is 0 Å². The normalized spacial score (nSPS) is 10.4. The van der Waals surface area contributed by atoms with Crippen molar-refractivity contribution in [1.29, 1.82) is 0 Å². The van der Waals surface area contributed by atoms with E-state index in [1.165, 1.54) is 12.1 Å². The van der Waals surface area contributed by atoms with E-state index < -0.39 is 5.82 Å². The average Bonchev–Trinajstić information content (AvgIpc) is 2.27. The Bertz CT molecular complexity index is 555. The Morgan fingerprint density at radius 2 is 1.83 bits per heavy atom. The highest BCUT2D eigenvalue weighted by Gasteiger charge is 2.08. The number of hydrogen-bond acceptors (Lipinski definition) is 2. The summed E-state index contributed by atoms with van der Waals surface area (Å²) >= 11 is 15.2. The lowest BCUT2D eigenvalue weighted by Crippen LogP contribution is -2.01. The number of nitrogens with zero attached hydrogens (tertiary/aromatic N) is 1. The maximum atomic E-state index is 13.0. The standard InChI is InChI=1S/C12H8BrCl2FN2/c13-8-1-7(4-17-6-8)5-18-12-10(14)2-9(16)3-11(12)15/h1-4,6,18H,5H2. The number of aromatic nitrogens is 1. The number of benzene rings is 1. The molecule has 1 aromatic carbocycles. The van der Waals surface area contributed by atoms with Crippen LogP contribution in [0.25, 0.3) is 0 Å². The zero-order chi connectivity index (χ0) is 13.1. The van der Waals surface area contributed by atoms with E-state index >= 15 is 0 Å². The van der Waals surface area contributed by atoms with Crippen LogP contribution in [0.3, 0.4) is 0 Å². The number of pyridine rings is 1. The Kier molecular flexibility index (Phi) is 4.43. The van der Waals surface area contributed by atoms with Gasteiger partial charge in [-0.15, -0.1) is 0 Å². The maximum Gasteiger partial charge on any atom is 0.126 e. The van der Waals surface area contributed by atoms with Crippen LogP contribution in [0.4, 0.5) is 10.1 Å². The van der Waals surface area contributed by atoms with Crippen LogP contribution < -0.4 is 5.32 Å². The molecule has 2 nitrogen and oxygen atoms in total. The van der Waals surface area contributed by atoms with E-state index in [1.54, 1.807) is 12.4 Å². The summed E-state index contributed by atoms with van der Waals surface area (Å²) < 4.78 is 13.9. The molecule has 0 bridgehead atoms. The largest absolute Gasteiger partial charge is 0.378 e. The third-order valence-corrected chi connectivity index (χ3v) is 3.27. The smallest absolute Gasteiger partial charge is 0.126 e. The summed E-state index contributed by atoms with van der Waals surface area (Å²) in [6.45, 7) is 0.498. The molecule has 1 N–H and O–H groups in total. The summed E-state index contributed by atoms with van der Waals surface area (Å²) in [5.74, 6) is -0.459. The molecule has 0 unspecified atom stereocenters. The van der Waals surface area contributed by atoms with Gasteiger partial charge in [0.1, 0.15) is 5.82 Å². The highest BCUT2D eigenvalue weighted by molar-refractivity contribution is 9.10. The van der Waals surface area contributed by atoms with E-state index in [2.05, 4.69) is 26.2 Å². The van der Waals surface area contributed by atoms with Crippen LogP contribution in [0, 0.1) is 5.82 Å². The van der Waals surface area contributed by atoms with Crippen molar-refractivity contribution in [2.45, 2.75) is 6.54 Å². The summed E-state index contributed by atoms with van der Waals surface area (Å²) in [4.78, 5) is 4.04. The zero-order valence-electron chi connectivity index (χ0n) is 9.05. The van der Waals surface area contributed by atoms with Gasteiger partial charge in [-0.25, -0.2) is 4.39 Å². The fourth-order valence-electron chi connectivity index (χ4n) is 1.45. The van der Waals surface area contributed by atoms with Crippen LogP contribution in [0.5, 0.6) is 0 Å². The molecule has 1 heterocycles. The van der Waals surface area contributed by atoms with E-state index in [0.717, 1.165) is 10.0 Å². The van der Waals surface area contributed by atoms with Crippen molar-refractivity contribution in [3.63, 3.8) is 0 Å². The third kappa shape index (κ3) is 3.34. The molecule has 0 atom stereocenters. The molecule has 0 spiro atoms. The predicted molar refractivity (Wildman–Crippen MR) is 75.7 cm³/mol. The Morgan fingerprint density at radius 3 is 2.44 bits per heavy atom. The molecule has 6 heteroatoms. The van der Waals surface area contributed by atoms with Crippen LogP contribution in [0.15, 0.2) is 35.1 Å². The van der Waals surface area contributed by atoms with Gasteiger partial charge in [-0.2, -0.15) is 0 Å². The minimum atomic E-state index is -0.459. The fraction of sp³-hybridized carbons (Fsp3) is 0.0833. The van der Waals surface area contributed by atoms with Crippen LogP contribution >= 0.6 is 39.1 Å². The second kappa shape index (κ2) is 5.87. The Hall–Kier alpha value is -0.840. The monoisotopic (exact) mass is 348 g/mol. The second-order valence-electron chi connectivity index (χ2n) is 3.61. The molecule has 0 aliphatic carbocycles. The lowest BCUT2D eigenvalue weighted by Gasteiger charge is -2.10. The van der Waals surface area contributed by atoms with E-state index in [1.807, 2.05) is 6.07 Å². The molecule has 18 heavy (non-hydrogen) atoms. The van der Waals surface area contributed by atoms with Crippen LogP contribution in [-0.4, -0.2) is 4.98 Å². The van der Waals surface area contributed by atoms with Crippen LogP contribution in [0.1, 0.15) is 5.56 Å². The predicted octanol–water partition coefficient (Wildman–Crippen LogP) is 4.90. The Balaban J connectivity index is 2.16. The minimum absolute atomic E-state index is 0.253. The molecule has 0 aliphatic rings. The van der Waals surface area contributed by atoms with E-state index in [-0.39, 0.29) is 10.0 Å². The minimum Gasteiger partial charge on any atom is -0.378 e. The molecule has 1 aromatic heterocycles. The molecule has 0 fully saturated rings. The van der Waals surface area contributed by atoms with Gasteiger partial charge in [0.15, 0.2) is 0 Å². The lowest BCUT2D eigenvalue weighted by atomic mass is 10.2. The van der Waals surface area contributed by atoms with Gasteiger partial charge in [-0.1, -0.05) is 23.2 Å². The van der Waals surface area contributed by atoms with Crippen LogP contribution in [-0.2, 0) is 6.54 Å². The molecule has 0 amide bonds. The van der Waals surface area contributed by atoms with Gasteiger partial charge >= 0.3 is 0 Å². The van der Waals surface area contributed by atoms with Crippen molar-refractivity contribution >= 4 is 44.8 Å². The molecule has 2 rings (SSSR count). The molecule has 0 aliphatic heterocycles. The molecule has 0 saturated carbocycles. The molecule has 0 radical (unpaired) electrons. The summed E-state index contributed by atoms with van der Waals surface area (Å²) in [6, 6.07) is 4.36. The number of rotatable bonds is 3. The van der Waals surface area contributed by atoms with Crippen molar-refractivity contribution in [1.82, 2.24) is 4.98 Å². The molecule has 94 valence electrons. The first kappa shape index (κ1) is 13.6. The van der Waals surface area contributed by atoms with E-state index in [0.29, 0.717) is 12.2 Å². The van der Waals surface area contributed by atoms with Crippen LogP contribution in [0.2, 0.25) is 10.0 Å². The van der Waals surface area contributed by atoms with Gasteiger partial charge < -0.3 is 5.32 Å². The molecular formula is C12H8BrCl2FN2. The zero-order valence-corrected chi connectivity index (χ0v) is 12.2. The number of nitrogens with one attached hydrogen (secondary N) is 1. The fourth-order valence-corrected chi connectivity index (χ4v) is 2.46. The quantitative estimate of drug-likeness (QED) is 0.852. The topological polar surface area (TPSA) is 24.9 Å². The summed E-state index contributed by atoms with van der Waals surface area (Å²) in [5, 5.41) is 3.57. The second-order valence-corrected chi connectivity index (χ2v) is 5.34. The average molecular weight is 350 g/mol. The van der Waals surface area contributed by atoms with Crippen molar-refractivity contribution in [3.05, 3.63) is 56.5 Å². The molecule has 0 saturated heterocycles. The number of anilines is 1. The lowest BCUT2D eigenvalue weighted by molar-refractivity contribution is 0.628. The summed E-state index contributed by atoms with van der Waals surface area (Å²) in [5.41, 5.74) is 1.47. The van der Waals surface area contributed by atoms with Gasteiger partial charge in [0.2, 0.25) is 0 Å². The number of hydrogen-bond donors (Lipinski definition) is 1. The third-order valence-electron chi connectivity index (χ3n) is 2.24. The van der Waals surface area contributed by atoms with E-state index in [9.17, 15) is 4.39 Å². The Morgan fingerprint density at radius 1 is 1.17 bits per heavy atom. The molecule has 2 aromatic rings.